The van der Waals surface area contributed by atoms with Gasteiger partial charge in [0, 0.05) is 17.0 Å². The van der Waals surface area contributed by atoms with Gasteiger partial charge in [-0.3, -0.25) is 10.1 Å². The molecule has 3 amide bonds. The fourth-order valence-electron chi connectivity index (χ4n) is 3.28. The van der Waals surface area contributed by atoms with Crippen molar-refractivity contribution in [2.75, 3.05) is 0 Å². The monoisotopic (exact) mass is 481 g/mol. The molecule has 0 aliphatic carbocycles. The number of benzene rings is 2. The van der Waals surface area contributed by atoms with Crippen LogP contribution >= 0.6 is 22.6 Å². The van der Waals surface area contributed by atoms with E-state index in [0.29, 0.717) is 19.9 Å². The van der Waals surface area contributed by atoms with Crippen LogP contribution in [0.3, 0.4) is 0 Å². The van der Waals surface area contributed by atoms with E-state index in [0.717, 1.165) is 0 Å². The normalized spacial score (nSPS) is 19.3. The molecule has 1 aliphatic heterocycles. The first-order valence-corrected chi connectivity index (χ1v) is 8.98. The second kappa shape index (κ2) is 6.12. The summed E-state index contributed by atoms with van der Waals surface area (Å²) < 4.78 is 15.3. The number of phenols is 1. The van der Waals surface area contributed by atoms with Gasteiger partial charge in [0.05, 0.1) is 10.1 Å². The number of carbonyl (C=O) groups is 2. The number of hydrogen-bond donors (Lipinski definition) is 4. The maximum atomic E-state index is 13.3. The average Bonchev–Trinajstić information content (AvgIpc) is 3.09. The van der Waals surface area contributed by atoms with Crippen molar-refractivity contribution in [3.8, 4) is 11.6 Å². The second-order valence-corrected chi connectivity index (χ2v) is 7.34. The fourth-order valence-corrected chi connectivity index (χ4v) is 3.89. The largest absolute Gasteiger partial charge is 0.507 e. The number of urea groups is 1. The van der Waals surface area contributed by atoms with Crippen LogP contribution in [0.2, 0.25) is 0 Å². The molecule has 1 aromatic heterocycles. The van der Waals surface area contributed by atoms with Crippen LogP contribution < -0.4 is 10.6 Å². The zero-order valence-electron chi connectivity index (χ0n) is 13.7. The van der Waals surface area contributed by atoms with E-state index in [1.807, 2.05) is 22.6 Å². The van der Waals surface area contributed by atoms with Crippen molar-refractivity contribution in [1.29, 1.82) is 0 Å². The summed E-state index contributed by atoms with van der Waals surface area (Å²) in [6.45, 7) is -0.117. The summed E-state index contributed by atoms with van der Waals surface area (Å²) in [4.78, 5) is 24.5. The van der Waals surface area contributed by atoms with Gasteiger partial charge in [0.25, 0.3) is 5.91 Å². The second-order valence-electron chi connectivity index (χ2n) is 6.26. The van der Waals surface area contributed by atoms with Gasteiger partial charge in [0.15, 0.2) is 11.4 Å². The zero-order chi connectivity index (χ0) is 19.3. The van der Waals surface area contributed by atoms with Crippen LogP contribution in [-0.2, 0) is 16.9 Å². The lowest BCUT2D eigenvalue weighted by Gasteiger charge is -2.27. The minimum atomic E-state index is -1.51. The number of imide groups is 1. The Kier molecular flexibility index (Phi) is 3.98. The Labute approximate surface area is 165 Å². The molecule has 1 atom stereocenters. The number of hydrogen-bond acceptors (Lipinski definition) is 4. The van der Waals surface area contributed by atoms with E-state index in [9.17, 15) is 24.2 Å². The third-order valence-corrected chi connectivity index (χ3v) is 5.78. The van der Waals surface area contributed by atoms with Crippen LogP contribution in [-0.4, -0.2) is 26.7 Å². The van der Waals surface area contributed by atoms with Crippen molar-refractivity contribution in [3.05, 3.63) is 57.5 Å². The molecule has 27 heavy (non-hydrogen) atoms. The van der Waals surface area contributed by atoms with Gasteiger partial charge in [0.2, 0.25) is 0 Å². The van der Waals surface area contributed by atoms with Gasteiger partial charge in [0.1, 0.15) is 11.6 Å². The molecule has 0 spiro atoms. The predicted molar refractivity (Wildman–Crippen MR) is 103 cm³/mol. The number of nitrogens with one attached hydrogen (secondary N) is 2. The first-order valence-electron chi connectivity index (χ1n) is 7.91. The third-order valence-electron chi connectivity index (χ3n) is 4.64. The van der Waals surface area contributed by atoms with Gasteiger partial charge in [-0.15, -0.1) is 0 Å². The van der Waals surface area contributed by atoms with E-state index in [4.69, 9.17) is 0 Å². The Morgan fingerprint density at radius 1 is 1.07 bits per heavy atom. The van der Waals surface area contributed by atoms with Gasteiger partial charge < -0.3 is 20.1 Å². The number of aromatic hydroxyl groups is 2. The SMILES string of the molecule is O=C1NC(=O)C(Cn2cc3c(I)c(O)ccc3c2O)(c2ccc(F)cc2)N1. The van der Waals surface area contributed by atoms with Crippen LogP contribution in [0.25, 0.3) is 10.8 Å². The van der Waals surface area contributed by atoms with Gasteiger partial charge in [-0.05, 0) is 52.4 Å². The molecule has 9 heteroatoms. The minimum absolute atomic E-state index is 0.0698. The maximum absolute atomic E-state index is 13.3. The van der Waals surface area contributed by atoms with Crippen LogP contribution in [0.1, 0.15) is 5.56 Å². The Hall–Kier alpha value is -2.82. The summed E-state index contributed by atoms with van der Waals surface area (Å²) in [6, 6.07) is 7.58. The van der Waals surface area contributed by atoms with E-state index in [-0.39, 0.29) is 18.2 Å². The summed E-state index contributed by atoms with van der Waals surface area (Å²) >= 11 is 1.96. The first-order chi connectivity index (χ1) is 12.8. The van der Waals surface area contributed by atoms with Gasteiger partial charge in [-0.2, -0.15) is 0 Å². The number of aromatic nitrogens is 1. The van der Waals surface area contributed by atoms with E-state index < -0.39 is 23.3 Å². The highest BCUT2D eigenvalue weighted by Gasteiger charge is 2.48. The molecule has 1 aliphatic rings. The molecule has 1 fully saturated rings. The number of carbonyl (C=O) groups excluding carboxylic acids is 2. The highest BCUT2D eigenvalue weighted by Crippen LogP contribution is 2.37. The van der Waals surface area contributed by atoms with Gasteiger partial charge in [-0.1, -0.05) is 12.1 Å². The number of fused-ring (bicyclic) bond motifs is 1. The molecule has 3 aromatic rings. The summed E-state index contributed by atoms with van der Waals surface area (Å²) in [7, 11) is 0. The molecule has 138 valence electrons. The molecule has 2 heterocycles. The standard InChI is InChI=1S/C18H13FIN3O4/c19-10-3-1-9(2-4-10)18(16(26)21-17(27)22-18)8-23-7-12-11(15(23)25)5-6-13(24)14(12)20/h1-7,24-25H,8H2,(H2,21,22,26,27). The van der Waals surface area contributed by atoms with Crippen molar-refractivity contribution < 1.29 is 24.2 Å². The molecular weight excluding hydrogens is 468 g/mol. The van der Waals surface area contributed by atoms with E-state index in [2.05, 4.69) is 10.6 Å². The Morgan fingerprint density at radius 3 is 2.41 bits per heavy atom. The molecular formula is C18H13FIN3O4. The molecule has 4 N–H and O–H groups in total. The number of phenolic OH excluding ortho intramolecular Hbond substituents is 1. The van der Waals surface area contributed by atoms with E-state index in [1.54, 1.807) is 12.3 Å². The van der Waals surface area contributed by atoms with Crippen LogP contribution in [0.5, 0.6) is 11.6 Å². The van der Waals surface area contributed by atoms with Crippen molar-refractivity contribution >= 4 is 45.3 Å². The lowest BCUT2D eigenvalue weighted by atomic mass is 9.89. The maximum Gasteiger partial charge on any atom is 0.322 e. The van der Waals surface area contributed by atoms with Crippen LogP contribution in [0, 0.1) is 9.39 Å². The lowest BCUT2D eigenvalue weighted by molar-refractivity contribution is -0.124. The molecule has 7 nitrogen and oxygen atoms in total. The summed E-state index contributed by atoms with van der Waals surface area (Å²) in [6.07, 6.45) is 1.59. The van der Waals surface area contributed by atoms with Crippen molar-refractivity contribution in [1.82, 2.24) is 15.2 Å². The highest BCUT2D eigenvalue weighted by atomic mass is 127. The Balaban J connectivity index is 1.86. The van der Waals surface area contributed by atoms with Gasteiger partial charge >= 0.3 is 6.03 Å². The van der Waals surface area contributed by atoms with E-state index in [1.165, 1.54) is 34.9 Å². The Morgan fingerprint density at radius 2 is 1.78 bits per heavy atom. The molecule has 4 rings (SSSR count). The summed E-state index contributed by atoms with van der Waals surface area (Å²) in [5.74, 6) is -1.12. The topological polar surface area (TPSA) is 104 Å². The number of halogens is 2. The first kappa shape index (κ1) is 17.6. The average molecular weight is 481 g/mol. The molecule has 0 saturated carbocycles. The zero-order valence-corrected chi connectivity index (χ0v) is 15.8. The highest BCUT2D eigenvalue weighted by molar-refractivity contribution is 14.1. The van der Waals surface area contributed by atoms with Crippen molar-refractivity contribution in [3.63, 3.8) is 0 Å². The predicted octanol–water partition coefficient (Wildman–Crippen LogP) is 2.53. The number of amides is 3. The molecule has 0 bridgehead atoms. The number of rotatable bonds is 3. The quantitative estimate of drug-likeness (QED) is 0.341. The molecule has 2 aromatic carbocycles. The third kappa shape index (κ3) is 2.69. The van der Waals surface area contributed by atoms with Crippen molar-refractivity contribution in [2.24, 2.45) is 0 Å². The Bertz CT molecular complexity index is 1100. The van der Waals surface area contributed by atoms with Gasteiger partial charge in [-0.25, -0.2) is 9.18 Å². The molecule has 0 radical (unpaired) electrons. The summed E-state index contributed by atoms with van der Waals surface area (Å²) in [5, 5.41) is 26.4. The minimum Gasteiger partial charge on any atom is -0.507 e. The molecule has 1 saturated heterocycles. The fraction of sp³-hybridized carbons (Fsp3) is 0.111. The smallest absolute Gasteiger partial charge is 0.322 e. The number of nitrogens with zero attached hydrogens (tertiary/aromatic N) is 1. The lowest BCUT2D eigenvalue weighted by Crippen LogP contribution is -2.47. The summed E-state index contributed by atoms with van der Waals surface area (Å²) in [5.41, 5.74) is -1.13. The van der Waals surface area contributed by atoms with Crippen LogP contribution in [0.4, 0.5) is 9.18 Å². The van der Waals surface area contributed by atoms with Crippen molar-refractivity contribution in [2.45, 2.75) is 12.1 Å². The van der Waals surface area contributed by atoms with Crippen LogP contribution in [0.15, 0.2) is 42.6 Å². The molecule has 1 unspecified atom stereocenters. The van der Waals surface area contributed by atoms with E-state index >= 15 is 0 Å².